The van der Waals surface area contributed by atoms with Crippen molar-refractivity contribution in [3.63, 3.8) is 0 Å². The highest BCUT2D eigenvalue weighted by molar-refractivity contribution is 5.97. The van der Waals surface area contributed by atoms with Gasteiger partial charge in [0.2, 0.25) is 0 Å². The molecular formula is C32H50O11. The number of hydrogen-bond donors (Lipinski definition) is 6. The third kappa shape index (κ3) is 5.58. The lowest BCUT2D eigenvalue weighted by Gasteiger charge is -2.61. The molecule has 3 aliphatic carbocycles. The Morgan fingerprint density at radius 3 is 2.28 bits per heavy atom. The number of fused-ring (bicyclic) bond motifs is 3. The Morgan fingerprint density at radius 1 is 0.930 bits per heavy atom. The first kappa shape index (κ1) is 33.1. The average molecular weight is 611 g/mol. The molecular weight excluding hydrogens is 560 g/mol. The highest BCUT2D eigenvalue weighted by Crippen LogP contribution is 2.63. The van der Waals surface area contributed by atoms with Crippen molar-refractivity contribution in [2.45, 2.75) is 134 Å². The normalized spacial score (nSPS) is 51.7. The molecule has 244 valence electrons. The highest BCUT2D eigenvalue weighted by Gasteiger charge is 2.61. The Kier molecular flexibility index (Phi) is 9.12. The van der Waals surface area contributed by atoms with E-state index in [9.17, 15) is 35.4 Å². The first-order valence-electron chi connectivity index (χ1n) is 15.6. The molecule has 5 rings (SSSR count). The quantitative estimate of drug-likeness (QED) is 0.187. The van der Waals surface area contributed by atoms with Crippen LogP contribution in [0.5, 0.6) is 0 Å². The fraction of sp³-hybridized carbons (Fsp3) is 0.844. The van der Waals surface area contributed by atoms with Crippen LogP contribution >= 0.6 is 0 Å². The van der Waals surface area contributed by atoms with E-state index in [0.29, 0.717) is 12.8 Å². The van der Waals surface area contributed by atoms with Crippen molar-refractivity contribution in [2.75, 3.05) is 6.61 Å². The second-order valence-corrected chi connectivity index (χ2v) is 14.6. The van der Waals surface area contributed by atoms with E-state index in [1.165, 1.54) is 6.92 Å². The number of ether oxygens (including phenoxy) is 4. The molecule has 0 aromatic heterocycles. The Morgan fingerprint density at radius 2 is 1.63 bits per heavy atom. The Balaban J connectivity index is 1.39. The minimum absolute atomic E-state index is 0.00502. The second kappa shape index (κ2) is 11.8. The molecule has 11 nitrogen and oxygen atoms in total. The molecule has 11 heteroatoms. The minimum atomic E-state index is -1.65. The van der Waals surface area contributed by atoms with Crippen LogP contribution in [0, 0.1) is 28.1 Å². The van der Waals surface area contributed by atoms with Crippen molar-refractivity contribution in [3.05, 3.63) is 24.3 Å². The summed E-state index contributed by atoms with van der Waals surface area (Å²) >= 11 is 0. The maximum atomic E-state index is 13.6. The second-order valence-electron chi connectivity index (χ2n) is 14.6. The maximum Gasteiger partial charge on any atom is 0.187 e. The van der Waals surface area contributed by atoms with Gasteiger partial charge in [-0.2, -0.15) is 0 Å². The van der Waals surface area contributed by atoms with E-state index in [4.69, 9.17) is 18.9 Å². The SMILES string of the molecule is C=C[C@]1(C)C=C2C(=O)C[C@H]3C(C)(C)[C@H](O[C@@H]4O[C@H](CO)[C@@H](O)[C@H](O)[C@H]4O[C@@H]4O[C@@H](C)[C@H](O)[C@@H](O)[C@H]4O)CC[C@]3(C)[C@H]2CC1. The van der Waals surface area contributed by atoms with E-state index >= 15 is 0 Å². The maximum absolute atomic E-state index is 13.6. The van der Waals surface area contributed by atoms with Crippen molar-refractivity contribution >= 4 is 5.78 Å². The number of carbonyl (C=O) groups is 1. The van der Waals surface area contributed by atoms with Gasteiger partial charge in [-0.15, -0.1) is 6.58 Å². The average Bonchev–Trinajstić information content (AvgIpc) is 2.97. The van der Waals surface area contributed by atoms with E-state index in [-0.39, 0.29) is 28.4 Å². The lowest BCUT2D eigenvalue weighted by molar-refractivity contribution is -0.375. The van der Waals surface area contributed by atoms with Gasteiger partial charge in [-0.25, -0.2) is 0 Å². The zero-order valence-corrected chi connectivity index (χ0v) is 25.8. The summed E-state index contributed by atoms with van der Waals surface area (Å²) in [5.74, 6) is 0.286. The molecule has 0 bridgehead atoms. The molecule has 4 fully saturated rings. The molecule has 0 radical (unpaired) electrons. The number of carbonyl (C=O) groups excluding carboxylic acids is 1. The number of ketones is 1. The van der Waals surface area contributed by atoms with Crippen molar-refractivity contribution in [1.29, 1.82) is 0 Å². The van der Waals surface area contributed by atoms with Crippen LogP contribution in [0.3, 0.4) is 0 Å². The van der Waals surface area contributed by atoms with Crippen molar-refractivity contribution in [2.24, 2.45) is 28.1 Å². The molecule has 2 aliphatic heterocycles. The topological polar surface area (TPSA) is 175 Å². The number of hydrogen-bond acceptors (Lipinski definition) is 11. The number of aliphatic hydroxyl groups is 6. The summed E-state index contributed by atoms with van der Waals surface area (Å²) in [5.41, 5.74) is 0.0874. The molecule has 0 spiro atoms. The van der Waals surface area contributed by atoms with Crippen molar-refractivity contribution in [1.82, 2.24) is 0 Å². The fourth-order valence-electron chi connectivity index (χ4n) is 8.54. The van der Waals surface area contributed by atoms with Crippen LogP contribution in [-0.2, 0) is 23.7 Å². The molecule has 0 amide bonds. The predicted molar refractivity (Wildman–Crippen MR) is 153 cm³/mol. The first-order valence-corrected chi connectivity index (χ1v) is 15.6. The van der Waals surface area contributed by atoms with Crippen LogP contribution in [0.1, 0.15) is 66.7 Å². The molecule has 2 saturated heterocycles. The summed E-state index contributed by atoms with van der Waals surface area (Å²) in [6, 6.07) is 0. The lowest BCUT2D eigenvalue weighted by atomic mass is 9.44. The molecule has 0 aromatic carbocycles. The Hall–Kier alpha value is -1.25. The van der Waals surface area contributed by atoms with Gasteiger partial charge in [0, 0.05) is 11.8 Å². The summed E-state index contributed by atoms with van der Waals surface area (Å²) in [6.07, 6.45) is -6.56. The van der Waals surface area contributed by atoms with Crippen molar-refractivity contribution < 1.29 is 54.4 Å². The first-order chi connectivity index (χ1) is 20.1. The van der Waals surface area contributed by atoms with Gasteiger partial charge in [0.1, 0.15) is 42.7 Å². The van der Waals surface area contributed by atoms with Crippen LogP contribution in [0.25, 0.3) is 0 Å². The van der Waals surface area contributed by atoms with E-state index < -0.39 is 79.5 Å². The summed E-state index contributed by atoms with van der Waals surface area (Å²) in [7, 11) is 0. The monoisotopic (exact) mass is 610 g/mol. The molecule has 5 aliphatic rings. The molecule has 2 saturated carbocycles. The van der Waals surface area contributed by atoms with Gasteiger partial charge in [0.05, 0.1) is 18.8 Å². The van der Waals surface area contributed by atoms with Gasteiger partial charge in [0.25, 0.3) is 0 Å². The smallest absolute Gasteiger partial charge is 0.187 e. The third-order valence-electron chi connectivity index (χ3n) is 11.5. The molecule has 6 N–H and O–H groups in total. The molecule has 0 aromatic rings. The van der Waals surface area contributed by atoms with Gasteiger partial charge < -0.3 is 49.6 Å². The van der Waals surface area contributed by atoms with Gasteiger partial charge in [-0.05, 0) is 60.8 Å². The summed E-state index contributed by atoms with van der Waals surface area (Å²) < 4.78 is 24.0. The van der Waals surface area contributed by atoms with E-state index in [1.807, 2.05) is 6.08 Å². The highest BCUT2D eigenvalue weighted by atomic mass is 16.8. The molecule has 0 unspecified atom stereocenters. The van der Waals surface area contributed by atoms with Gasteiger partial charge in [-0.3, -0.25) is 4.79 Å². The zero-order valence-electron chi connectivity index (χ0n) is 25.8. The summed E-state index contributed by atoms with van der Waals surface area (Å²) in [4.78, 5) is 13.6. The van der Waals surface area contributed by atoms with E-state index in [1.54, 1.807) is 0 Å². The number of Topliss-reactive ketones (excluding diaryl/α,β-unsaturated/α-hetero) is 1. The predicted octanol–water partition coefficient (Wildman–Crippen LogP) is 0.967. The van der Waals surface area contributed by atoms with Gasteiger partial charge in [-0.1, -0.05) is 39.8 Å². The van der Waals surface area contributed by atoms with E-state index in [2.05, 4.69) is 40.3 Å². The van der Waals surface area contributed by atoms with Gasteiger partial charge in [0.15, 0.2) is 18.4 Å². The van der Waals surface area contributed by atoms with Crippen molar-refractivity contribution in [3.8, 4) is 0 Å². The lowest BCUT2D eigenvalue weighted by Crippen LogP contribution is -2.65. The zero-order chi connectivity index (χ0) is 31.6. The van der Waals surface area contributed by atoms with Crippen LogP contribution < -0.4 is 0 Å². The van der Waals surface area contributed by atoms with Crippen LogP contribution in [0.15, 0.2) is 24.3 Å². The van der Waals surface area contributed by atoms with Crippen LogP contribution in [0.2, 0.25) is 0 Å². The number of aliphatic hydroxyl groups excluding tert-OH is 6. The number of rotatable bonds is 6. The Labute approximate surface area is 253 Å². The molecule has 2 heterocycles. The third-order valence-corrected chi connectivity index (χ3v) is 11.5. The fourth-order valence-corrected chi connectivity index (χ4v) is 8.54. The molecule has 15 atom stereocenters. The van der Waals surface area contributed by atoms with Crippen LogP contribution in [-0.4, -0.2) is 111 Å². The molecule has 43 heavy (non-hydrogen) atoms. The van der Waals surface area contributed by atoms with E-state index in [0.717, 1.165) is 24.8 Å². The minimum Gasteiger partial charge on any atom is -0.394 e. The standard InChI is InChI=1S/C32H50O11/c1-7-31(5)10-8-17-16(13-31)18(34)12-20-30(3,4)21(9-11-32(17,20)6)42-29-27(25(38)23(36)19(14-33)41-29)43-28-26(39)24(37)22(35)15(2)40-28/h7,13,15,17,19-29,33,35-39H,1,8-12,14H2,2-6H3/t15-,17-,19+,20-,21+,22-,23+,24+,25-,26+,27+,28-,29-,31-,32+/m0/s1. The Bertz CT molecular complexity index is 1090. The van der Waals surface area contributed by atoms with Crippen LogP contribution in [0.4, 0.5) is 0 Å². The largest absolute Gasteiger partial charge is 0.394 e. The van der Waals surface area contributed by atoms with Gasteiger partial charge >= 0.3 is 0 Å². The number of allylic oxidation sites excluding steroid dienone is 3. The summed E-state index contributed by atoms with van der Waals surface area (Å²) in [6.45, 7) is 13.5. The summed E-state index contributed by atoms with van der Waals surface area (Å²) in [5, 5.41) is 62.5.